The molecule has 0 spiro atoms. The summed E-state index contributed by atoms with van der Waals surface area (Å²) in [6, 6.07) is 22.9. The molecule has 34 heavy (non-hydrogen) atoms. The van der Waals surface area contributed by atoms with E-state index in [9.17, 15) is 9.59 Å². The molecule has 2 aliphatic heterocycles. The van der Waals surface area contributed by atoms with E-state index in [1.54, 1.807) is 4.90 Å². The van der Waals surface area contributed by atoms with Crippen LogP contribution in [0.1, 0.15) is 34.0 Å². The number of aromatic nitrogens is 1. The summed E-state index contributed by atoms with van der Waals surface area (Å²) >= 11 is 6.37. The molecule has 2 amide bonds. The predicted molar refractivity (Wildman–Crippen MR) is 133 cm³/mol. The van der Waals surface area contributed by atoms with Crippen molar-refractivity contribution in [2.75, 3.05) is 6.54 Å². The summed E-state index contributed by atoms with van der Waals surface area (Å²) in [6.07, 6.45) is 0.491. The lowest BCUT2D eigenvalue weighted by molar-refractivity contribution is -0.159. The number of halogens is 1. The smallest absolute Gasteiger partial charge is 0.246 e. The van der Waals surface area contributed by atoms with Gasteiger partial charge in [-0.3, -0.25) is 9.59 Å². The van der Waals surface area contributed by atoms with Crippen molar-refractivity contribution < 1.29 is 9.59 Å². The van der Waals surface area contributed by atoms with Crippen molar-refractivity contribution in [3.05, 3.63) is 106 Å². The fourth-order valence-corrected chi connectivity index (χ4v) is 5.70. The molecule has 1 N–H and O–H groups in total. The Hall–Kier alpha value is -3.57. The van der Waals surface area contributed by atoms with Crippen LogP contribution >= 0.6 is 11.6 Å². The van der Waals surface area contributed by atoms with E-state index in [1.807, 2.05) is 53.4 Å². The highest BCUT2D eigenvalue weighted by Gasteiger charge is 2.48. The Morgan fingerprint density at radius 1 is 0.971 bits per heavy atom. The van der Waals surface area contributed by atoms with Crippen LogP contribution in [-0.2, 0) is 22.6 Å². The zero-order chi connectivity index (χ0) is 23.4. The van der Waals surface area contributed by atoms with E-state index < -0.39 is 6.04 Å². The molecule has 1 aromatic heterocycles. The second-order valence-corrected chi connectivity index (χ2v) is 9.54. The van der Waals surface area contributed by atoms with Crippen LogP contribution in [0.15, 0.2) is 72.8 Å². The minimum Gasteiger partial charge on any atom is -0.356 e. The third kappa shape index (κ3) is 3.23. The SMILES string of the molecule is Cc1ccccc1C1c2[nH]c3ccccc3c2CC2C(=O)N(Cc3ccccc3Cl)CC(=O)N21. The number of rotatable bonds is 3. The number of piperazine rings is 1. The van der Waals surface area contributed by atoms with Crippen LogP contribution in [0.2, 0.25) is 5.02 Å². The first kappa shape index (κ1) is 21.0. The number of hydrogen-bond acceptors (Lipinski definition) is 2. The van der Waals surface area contributed by atoms with Gasteiger partial charge in [-0.1, -0.05) is 72.3 Å². The molecule has 2 atom stereocenters. The molecule has 0 radical (unpaired) electrons. The molecule has 0 bridgehead atoms. The maximum absolute atomic E-state index is 13.8. The van der Waals surface area contributed by atoms with Gasteiger partial charge < -0.3 is 14.8 Å². The van der Waals surface area contributed by atoms with E-state index in [0.29, 0.717) is 18.0 Å². The van der Waals surface area contributed by atoms with E-state index in [0.717, 1.165) is 38.9 Å². The number of nitrogens with one attached hydrogen (secondary N) is 1. The molecular weight excluding hydrogens is 446 g/mol. The highest BCUT2D eigenvalue weighted by atomic mass is 35.5. The lowest BCUT2D eigenvalue weighted by atomic mass is 9.85. The zero-order valence-corrected chi connectivity index (χ0v) is 19.5. The number of benzene rings is 3. The molecule has 170 valence electrons. The highest BCUT2D eigenvalue weighted by Crippen LogP contribution is 2.43. The lowest BCUT2D eigenvalue weighted by Crippen LogP contribution is -2.62. The van der Waals surface area contributed by atoms with Crippen molar-refractivity contribution >= 4 is 34.3 Å². The summed E-state index contributed by atoms with van der Waals surface area (Å²) in [5, 5.41) is 1.71. The van der Waals surface area contributed by atoms with Crippen LogP contribution < -0.4 is 0 Å². The highest BCUT2D eigenvalue weighted by molar-refractivity contribution is 6.31. The number of H-pyrrole nitrogens is 1. The van der Waals surface area contributed by atoms with Gasteiger partial charge in [-0.25, -0.2) is 0 Å². The van der Waals surface area contributed by atoms with Crippen LogP contribution in [0.5, 0.6) is 0 Å². The number of nitrogens with zero attached hydrogens (tertiary/aromatic N) is 2. The average Bonchev–Trinajstić information content (AvgIpc) is 3.21. The summed E-state index contributed by atoms with van der Waals surface area (Å²) in [6.45, 7) is 2.42. The van der Waals surface area contributed by atoms with Crippen molar-refractivity contribution in [1.82, 2.24) is 14.8 Å². The molecule has 6 rings (SSSR count). The van der Waals surface area contributed by atoms with Gasteiger partial charge in [0, 0.05) is 34.6 Å². The van der Waals surface area contributed by atoms with Gasteiger partial charge in [-0.05, 0) is 41.3 Å². The van der Waals surface area contributed by atoms with E-state index >= 15 is 0 Å². The molecule has 5 nitrogen and oxygen atoms in total. The van der Waals surface area contributed by atoms with Gasteiger partial charge in [0.15, 0.2) is 0 Å². The minimum atomic E-state index is -0.556. The van der Waals surface area contributed by atoms with Crippen molar-refractivity contribution in [3.8, 4) is 0 Å². The molecular formula is C28H24ClN3O2. The summed E-state index contributed by atoms with van der Waals surface area (Å²) in [7, 11) is 0. The van der Waals surface area contributed by atoms with Crippen molar-refractivity contribution in [1.29, 1.82) is 0 Å². The molecule has 2 aliphatic rings. The quantitative estimate of drug-likeness (QED) is 0.458. The Labute approximate surface area is 202 Å². The Kier molecular flexibility index (Phi) is 4.96. The second-order valence-electron chi connectivity index (χ2n) is 9.13. The molecule has 2 unspecified atom stereocenters. The summed E-state index contributed by atoms with van der Waals surface area (Å²) in [4.78, 5) is 34.5. The van der Waals surface area contributed by atoms with Gasteiger partial charge in [0.1, 0.15) is 12.6 Å². The van der Waals surface area contributed by atoms with Gasteiger partial charge in [0.25, 0.3) is 0 Å². The Morgan fingerprint density at radius 3 is 2.53 bits per heavy atom. The number of carbonyl (C=O) groups is 2. The molecule has 3 heterocycles. The molecule has 1 saturated heterocycles. The summed E-state index contributed by atoms with van der Waals surface area (Å²) in [5.41, 5.74) is 6.13. The maximum Gasteiger partial charge on any atom is 0.246 e. The van der Waals surface area contributed by atoms with Crippen molar-refractivity contribution in [3.63, 3.8) is 0 Å². The number of fused-ring (bicyclic) bond motifs is 4. The Bertz CT molecular complexity index is 1440. The normalized spacial score (nSPS) is 19.9. The second kappa shape index (κ2) is 8.03. The standard InChI is InChI=1S/C28H24ClN3O2/c1-17-8-2-4-10-19(17)27-26-21(20-11-5-7-13-23(20)30-26)14-24-28(34)31(16-25(33)32(24)27)15-18-9-3-6-12-22(18)29/h2-13,24,27,30H,14-16H2,1H3. The van der Waals surface area contributed by atoms with E-state index in [-0.39, 0.29) is 24.4 Å². The first-order chi connectivity index (χ1) is 16.5. The number of carbonyl (C=O) groups excluding carboxylic acids is 2. The van der Waals surface area contributed by atoms with Crippen molar-refractivity contribution in [2.45, 2.75) is 32.0 Å². The topological polar surface area (TPSA) is 56.4 Å². The number of para-hydroxylation sites is 1. The Morgan fingerprint density at radius 2 is 1.71 bits per heavy atom. The van der Waals surface area contributed by atoms with E-state index in [4.69, 9.17) is 11.6 Å². The van der Waals surface area contributed by atoms with E-state index in [1.165, 1.54) is 0 Å². The largest absolute Gasteiger partial charge is 0.356 e. The maximum atomic E-state index is 13.8. The number of aryl methyl sites for hydroxylation is 1. The van der Waals surface area contributed by atoms with Crippen molar-refractivity contribution in [2.24, 2.45) is 0 Å². The van der Waals surface area contributed by atoms with Crippen LogP contribution in [0.3, 0.4) is 0 Å². The minimum absolute atomic E-state index is 0.0333. The first-order valence-electron chi connectivity index (χ1n) is 11.5. The third-order valence-corrected chi connectivity index (χ3v) is 7.51. The van der Waals surface area contributed by atoms with Crippen LogP contribution in [0.25, 0.3) is 10.9 Å². The average molecular weight is 470 g/mol. The lowest BCUT2D eigenvalue weighted by Gasteiger charge is -2.47. The molecule has 0 saturated carbocycles. The van der Waals surface area contributed by atoms with E-state index in [2.05, 4.69) is 36.2 Å². The third-order valence-electron chi connectivity index (χ3n) is 7.14. The van der Waals surface area contributed by atoms with Crippen LogP contribution in [-0.4, -0.2) is 39.2 Å². The number of hydrogen-bond donors (Lipinski definition) is 1. The summed E-state index contributed by atoms with van der Waals surface area (Å²) < 4.78 is 0. The van der Waals surface area contributed by atoms with Gasteiger partial charge >= 0.3 is 0 Å². The zero-order valence-electron chi connectivity index (χ0n) is 18.8. The molecule has 6 heteroatoms. The van der Waals surface area contributed by atoms with Gasteiger partial charge in [0.05, 0.1) is 6.04 Å². The van der Waals surface area contributed by atoms with Gasteiger partial charge in [-0.2, -0.15) is 0 Å². The molecule has 3 aromatic carbocycles. The number of amides is 2. The van der Waals surface area contributed by atoms with Gasteiger partial charge in [0.2, 0.25) is 11.8 Å². The fraction of sp³-hybridized carbons (Fsp3) is 0.214. The predicted octanol–water partition coefficient (Wildman–Crippen LogP) is 5.01. The molecule has 1 fully saturated rings. The van der Waals surface area contributed by atoms with Gasteiger partial charge in [-0.15, -0.1) is 0 Å². The first-order valence-corrected chi connectivity index (χ1v) is 11.9. The molecule has 0 aliphatic carbocycles. The van der Waals surface area contributed by atoms with Crippen LogP contribution in [0.4, 0.5) is 0 Å². The molecule has 4 aromatic rings. The monoisotopic (exact) mass is 469 g/mol. The number of aromatic amines is 1. The summed E-state index contributed by atoms with van der Waals surface area (Å²) in [5.74, 6) is -0.0803. The fourth-order valence-electron chi connectivity index (χ4n) is 5.51. The Balaban J connectivity index is 1.47. The van der Waals surface area contributed by atoms with Crippen LogP contribution in [0, 0.1) is 6.92 Å².